The van der Waals surface area contributed by atoms with E-state index in [-0.39, 0.29) is 5.46 Å². The van der Waals surface area contributed by atoms with Crippen molar-refractivity contribution in [3.8, 4) is 6.07 Å². The van der Waals surface area contributed by atoms with Crippen molar-refractivity contribution in [1.29, 1.82) is 5.26 Å². The van der Waals surface area contributed by atoms with Crippen LogP contribution in [-0.4, -0.2) is 17.2 Å². The predicted molar refractivity (Wildman–Crippen MR) is 52.8 cm³/mol. The van der Waals surface area contributed by atoms with Crippen molar-refractivity contribution in [2.75, 3.05) is 0 Å². The van der Waals surface area contributed by atoms with Gasteiger partial charge >= 0.3 is 7.12 Å². The van der Waals surface area contributed by atoms with Gasteiger partial charge < -0.3 is 10.0 Å². The Morgan fingerprint density at radius 1 is 1.40 bits per heavy atom. The van der Waals surface area contributed by atoms with Crippen LogP contribution in [0.2, 0.25) is 0 Å². The Morgan fingerprint density at radius 3 is 2.53 bits per heavy atom. The molecule has 5 heteroatoms. The zero-order valence-electron chi connectivity index (χ0n) is 7.94. The summed E-state index contributed by atoms with van der Waals surface area (Å²) in [4.78, 5) is 0. The largest absolute Gasteiger partial charge is 0.491 e. The molecule has 2 rings (SSSR count). The van der Waals surface area contributed by atoms with Crippen LogP contribution in [0.3, 0.4) is 0 Å². The molecule has 1 saturated carbocycles. The maximum absolute atomic E-state index is 13.1. The molecule has 0 aliphatic heterocycles. The van der Waals surface area contributed by atoms with Crippen molar-refractivity contribution in [1.82, 2.24) is 0 Å². The third-order valence-corrected chi connectivity index (χ3v) is 2.79. The topological polar surface area (TPSA) is 64.2 Å². The van der Waals surface area contributed by atoms with Crippen molar-refractivity contribution >= 4 is 12.6 Å². The fraction of sp³-hybridized carbons (Fsp3) is 0.300. The molecule has 0 radical (unpaired) electrons. The van der Waals surface area contributed by atoms with E-state index in [0.29, 0.717) is 5.56 Å². The highest BCUT2D eigenvalue weighted by atomic mass is 19.1. The average Bonchev–Trinajstić information content (AvgIpc) is 2.99. The number of hydrogen-bond donors (Lipinski definition) is 2. The Balaban J connectivity index is 2.44. The van der Waals surface area contributed by atoms with E-state index in [0.717, 1.165) is 12.8 Å². The number of halogens is 1. The predicted octanol–water partition coefficient (Wildman–Crippen LogP) is 0.0607. The highest BCUT2D eigenvalue weighted by Gasteiger charge is 2.45. The fourth-order valence-electron chi connectivity index (χ4n) is 1.63. The van der Waals surface area contributed by atoms with Crippen LogP contribution in [0.4, 0.5) is 4.39 Å². The SMILES string of the molecule is N#CC1(c2ccc(F)c(B(O)O)c2)CC1. The minimum Gasteiger partial charge on any atom is -0.423 e. The van der Waals surface area contributed by atoms with E-state index in [1.165, 1.54) is 18.2 Å². The molecule has 1 aromatic rings. The minimum atomic E-state index is -1.83. The molecule has 0 bridgehead atoms. The first kappa shape index (κ1) is 10.2. The van der Waals surface area contributed by atoms with Crippen molar-refractivity contribution in [3.05, 3.63) is 29.6 Å². The molecule has 1 aliphatic carbocycles. The first-order valence-corrected chi connectivity index (χ1v) is 4.66. The van der Waals surface area contributed by atoms with E-state index in [9.17, 15) is 4.39 Å². The van der Waals surface area contributed by atoms with Gasteiger partial charge in [0.05, 0.1) is 11.5 Å². The van der Waals surface area contributed by atoms with Gasteiger partial charge in [-0.25, -0.2) is 4.39 Å². The summed E-state index contributed by atoms with van der Waals surface area (Å²) < 4.78 is 13.1. The summed E-state index contributed by atoms with van der Waals surface area (Å²) in [7, 11) is -1.83. The summed E-state index contributed by atoms with van der Waals surface area (Å²) in [5.74, 6) is -0.664. The third-order valence-electron chi connectivity index (χ3n) is 2.79. The molecular formula is C10H9BFNO2. The van der Waals surface area contributed by atoms with Gasteiger partial charge in [0.1, 0.15) is 5.82 Å². The molecule has 1 fully saturated rings. The lowest BCUT2D eigenvalue weighted by Crippen LogP contribution is -2.33. The zero-order chi connectivity index (χ0) is 11.1. The average molecular weight is 205 g/mol. The maximum Gasteiger partial charge on any atom is 0.491 e. The molecule has 0 amide bonds. The van der Waals surface area contributed by atoms with Gasteiger partial charge in [0.2, 0.25) is 0 Å². The Hall–Kier alpha value is -1.38. The summed E-state index contributed by atoms with van der Waals surface area (Å²) in [6, 6.07) is 6.22. The van der Waals surface area contributed by atoms with Crippen LogP contribution < -0.4 is 5.46 Å². The van der Waals surface area contributed by atoms with Crippen LogP contribution in [0.5, 0.6) is 0 Å². The molecule has 0 atom stereocenters. The molecule has 0 saturated heterocycles. The van der Waals surface area contributed by atoms with Crippen LogP contribution in [0.25, 0.3) is 0 Å². The van der Waals surface area contributed by atoms with E-state index in [4.69, 9.17) is 15.3 Å². The fourth-order valence-corrected chi connectivity index (χ4v) is 1.63. The molecule has 0 aromatic heterocycles. The smallest absolute Gasteiger partial charge is 0.423 e. The third kappa shape index (κ3) is 1.62. The second-order valence-corrected chi connectivity index (χ2v) is 3.80. The lowest BCUT2D eigenvalue weighted by Gasteiger charge is -2.09. The van der Waals surface area contributed by atoms with Crippen LogP contribution >= 0.6 is 0 Å². The number of rotatable bonds is 2. The first-order valence-electron chi connectivity index (χ1n) is 4.66. The van der Waals surface area contributed by atoms with Gasteiger partial charge in [-0.2, -0.15) is 5.26 Å². The Kier molecular flexibility index (Phi) is 2.26. The molecule has 76 valence electrons. The van der Waals surface area contributed by atoms with Gasteiger partial charge in [0.15, 0.2) is 0 Å². The Bertz CT molecular complexity index is 438. The van der Waals surface area contributed by atoms with Crippen molar-refractivity contribution in [2.45, 2.75) is 18.3 Å². The molecular weight excluding hydrogens is 196 g/mol. The maximum atomic E-state index is 13.1. The van der Waals surface area contributed by atoms with Crippen molar-refractivity contribution < 1.29 is 14.4 Å². The van der Waals surface area contributed by atoms with Gasteiger partial charge in [0, 0.05) is 5.46 Å². The summed E-state index contributed by atoms with van der Waals surface area (Å²) in [5, 5.41) is 26.8. The quantitative estimate of drug-likeness (QED) is 0.671. The second-order valence-electron chi connectivity index (χ2n) is 3.80. The normalized spacial score (nSPS) is 16.9. The summed E-state index contributed by atoms with van der Waals surface area (Å²) in [5.41, 5.74) is -0.0410. The van der Waals surface area contributed by atoms with E-state index in [1.54, 1.807) is 0 Å². The molecule has 1 aromatic carbocycles. The van der Waals surface area contributed by atoms with Crippen LogP contribution in [-0.2, 0) is 5.41 Å². The minimum absolute atomic E-state index is 0.172. The number of benzene rings is 1. The summed E-state index contributed by atoms with van der Waals surface area (Å²) >= 11 is 0. The first-order chi connectivity index (χ1) is 7.09. The highest BCUT2D eigenvalue weighted by Crippen LogP contribution is 2.47. The second kappa shape index (κ2) is 3.33. The van der Waals surface area contributed by atoms with Gasteiger partial charge in [0.25, 0.3) is 0 Å². The molecule has 3 nitrogen and oxygen atoms in total. The van der Waals surface area contributed by atoms with Gasteiger partial charge in [-0.3, -0.25) is 0 Å². The molecule has 15 heavy (non-hydrogen) atoms. The Labute approximate surface area is 86.9 Å². The molecule has 1 aliphatic rings. The van der Waals surface area contributed by atoms with Gasteiger partial charge in [-0.15, -0.1) is 0 Å². The van der Waals surface area contributed by atoms with E-state index >= 15 is 0 Å². The van der Waals surface area contributed by atoms with E-state index < -0.39 is 18.4 Å². The summed E-state index contributed by atoms with van der Waals surface area (Å²) in [6.45, 7) is 0. The molecule has 0 unspecified atom stereocenters. The van der Waals surface area contributed by atoms with Crippen LogP contribution in [0, 0.1) is 17.1 Å². The summed E-state index contributed by atoms with van der Waals surface area (Å²) in [6.07, 6.45) is 1.49. The standard InChI is InChI=1S/C10H9BFNO2/c12-9-2-1-7(5-8(9)11(14)15)10(6-13)3-4-10/h1-2,5,14-15H,3-4H2. The lowest BCUT2D eigenvalue weighted by atomic mass is 9.77. The van der Waals surface area contributed by atoms with E-state index in [2.05, 4.69) is 6.07 Å². The molecule has 0 spiro atoms. The number of nitrogens with zero attached hydrogens (tertiary/aromatic N) is 1. The Morgan fingerprint density at radius 2 is 2.07 bits per heavy atom. The molecule has 2 N–H and O–H groups in total. The van der Waals surface area contributed by atoms with E-state index in [1.807, 2.05) is 0 Å². The van der Waals surface area contributed by atoms with Crippen LogP contribution in [0.1, 0.15) is 18.4 Å². The van der Waals surface area contributed by atoms with Crippen molar-refractivity contribution in [2.24, 2.45) is 0 Å². The number of nitriles is 1. The van der Waals surface area contributed by atoms with Gasteiger partial charge in [-0.05, 0) is 24.5 Å². The number of hydrogen-bond acceptors (Lipinski definition) is 3. The van der Waals surface area contributed by atoms with Crippen molar-refractivity contribution in [3.63, 3.8) is 0 Å². The zero-order valence-corrected chi connectivity index (χ0v) is 7.94. The van der Waals surface area contributed by atoms with Crippen LogP contribution in [0.15, 0.2) is 18.2 Å². The highest BCUT2D eigenvalue weighted by molar-refractivity contribution is 6.58. The monoisotopic (exact) mass is 205 g/mol. The van der Waals surface area contributed by atoms with Gasteiger partial charge in [-0.1, -0.05) is 12.1 Å². The lowest BCUT2D eigenvalue weighted by molar-refractivity contribution is 0.423. The molecule has 0 heterocycles.